The molecule has 0 radical (unpaired) electrons. The smallest absolute Gasteiger partial charge is 0.226 e. The van der Waals surface area contributed by atoms with Crippen molar-refractivity contribution < 1.29 is 9.53 Å². The van der Waals surface area contributed by atoms with Crippen molar-refractivity contribution in [3.05, 3.63) is 57.5 Å². The lowest BCUT2D eigenvalue weighted by atomic mass is 9.85. The number of likely N-dealkylation sites (tertiary alicyclic amines) is 1. The number of aryl methyl sites for hydroxylation is 1. The van der Waals surface area contributed by atoms with Crippen LogP contribution >= 0.6 is 11.3 Å². The van der Waals surface area contributed by atoms with Gasteiger partial charge in [-0.05, 0) is 71.3 Å². The lowest BCUT2D eigenvalue weighted by Crippen LogP contribution is -2.48. The summed E-state index contributed by atoms with van der Waals surface area (Å²) in [5.41, 5.74) is 3.15. The van der Waals surface area contributed by atoms with E-state index in [-0.39, 0.29) is 11.5 Å². The number of aromatic nitrogens is 4. The number of nitrogens with zero attached hydrogens (tertiary/aromatic N) is 5. The first-order valence-corrected chi connectivity index (χ1v) is 10.9. The third-order valence-corrected chi connectivity index (χ3v) is 7.14. The van der Waals surface area contributed by atoms with E-state index in [1.165, 1.54) is 10.4 Å². The molecular formula is C21H23N5O2S. The molecule has 5 rings (SSSR count). The molecule has 1 saturated heterocycles. The van der Waals surface area contributed by atoms with E-state index in [0.29, 0.717) is 6.42 Å². The van der Waals surface area contributed by atoms with Crippen molar-refractivity contribution in [2.75, 3.05) is 19.7 Å². The number of fused-ring (bicyclic) bond motifs is 2. The molecule has 1 spiro atoms. The number of carbonyl (C=O) groups is 1. The topological polar surface area (TPSA) is 73.1 Å². The molecule has 150 valence electrons. The van der Waals surface area contributed by atoms with E-state index in [1.807, 2.05) is 36.1 Å². The van der Waals surface area contributed by atoms with Crippen LogP contribution in [0.2, 0.25) is 0 Å². The summed E-state index contributed by atoms with van der Waals surface area (Å²) in [6.07, 6.45) is 3.17. The highest BCUT2D eigenvalue weighted by Gasteiger charge is 2.42. The number of tetrazole rings is 1. The van der Waals surface area contributed by atoms with Crippen LogP contribution in [0, 0.1) is 6.92 Å². The second-order valence-corrected chi connectivity index (χ2v) is 8.65. The molecule has 0 bridgehead atoms. The Bertz CT molecular complexity index is 1020. The third-order valence-electron chi connectivity index (χ3n) is 6.00. The Labute approximate surface area is 173 Å². The maximum atomic E-state index is 12.9. The fourth-order valence-electron chi connectivity index (χ4n) is 4.35. The molecule has 4 heterocycles. The van der Waals surface area contributed by atoms with Crippen LogP contribution in [0.25, 0.3) is 5.69 Å². The molecule has 8 heteroatoms. The summed E-state index contributed by atoms with van der Waals surface area (Å²) < 4.78 is 7.93. The Hall–Kier alpha value is -2.58. The van der Waals surface area contributed by atoms with Crippen molar-refractivity contribution in [3.8, 4) is 5.69 Å². The first kappa shape index (κ1) is 18.4. The quantitative estimate of drug-likeness (QED) is 0.665. The summed E-state index contributed by atoms with van der Waals surface area (Å²) >= 11 is 1.80. The van der Waals surface area contributed by atoms with Gasteiger partial charge in [0.1, 0.15) is 5.60 Å². The normalized spacial score (nSPS) is 18.0. The van der Waals surface area contributed by atoms with E-state index >= 15 is 0 Å². The molecular weight excluding hydrogens is 386 g/mol. The highest BCUT2D eigenvalue weighted by Crippen LogP contribution is 2.44. The Balaban J connectivity index is 1.22. The Morgan fingerprint density at radius 1 is 1.21 bits per heavy atom. The van der Waals surface area contributed by atoms with Crippen LogP contribution in [0.3, 0.4) is 0 Å². The van der Waals surface area contributed by atoms with Crippen LogP contribution in [0.5, 0.6) is 0 Å². The van der Waals surface area contributed by atoms with Crippen LogP contribution in [-0.4, -0.2) is 50.7 Å². The fraction of sp³-hybridized carbons (Fsp3) is 0.429. The molecule has 0 atom stereocenters. The Kier molecular flexibility index (Phi) is 4.67. The van der Waals surface area contributed by atoms with E-state index in [0.717, 1.165) is 56.0 Å². The first-order chi connectivity index (χ1) is 14.1. The lowest BCUT2D eigenvalue weighted by Gasteiger charge is -2.43. The molecule has 2 aliphatic heterocycles. The molecule has 2 aliphatic rings. The number of rotatable bonds is 3. The van der Waals surface area contributed by atoms with Gasteiger partial charge in [-0.15, -0.1) is 16.4 Å². The highest BCUT2D eigenvalue weighted by molar-refractivity contribution is 7.10. The van der Waals surface area contributed by atoms with Crippen molar-refractivity contribution >= 4 is 17.2 Å². The monoisotopic (exact) mass is 409 g/mol. The molecule has 0 N–H and O–H groups in total. The van der Waals surface area contributed by atoms with Gasteiger partial charge in [0.15, 0.2) is 5.82 Å². The summed E-state index contributed by atoms with van der Waals surface area (Å²) in [5.74, 6) is 0.906. The molecule has 1 fully saturated rings. The number of hydrogen-bond donors (Lipinski definition) is 0. The standard InChI is InChI=1S/C21H23N5O2S/c1-15-22-23-24-26(15)18-4-2-16(3-5-18)14-19(27)25-10-8-21(9-11-25)20-17(6-12-28-21)7-13-29-20/h2-5,7,13H,6,8-12,14H2,1H3. The largest absolute Gasteiger partial charge is 0.369 e. The van der Waals surface area contributed by atoms with Gasteiger partial charge in [-0.1, -0.05) is 12.1 Å². The number of ether oxygens (including phenoxy) is 1. The van der Waals surface area contributed by atoms with E-state index in [4.69, 9.17) is 4.74 Å². The van der Waals surface area contributed by atoms with Crippen molar-refractivity contribution in [1.82, 2.24) is 25.1 Å². The van der Waals surface area contributed by atoms with E-state index in [2.05, 4.69) is 27.0 Å². The van der Waals surface area contributed by atoms with Crippen LogP contribution in [-0.2, 0) is 28.0 Å². The second-order valence-electron chi connectivity index (χ2n) is 7.73. The molecule has 1 aromatic carbocycles. The number of amides is 1. The molecule has 0 aliphatic carbocycles. The van der Waals surface area contributed by atoms with Gasteiger partial charge in [-0.3, -0.25) is 4.79 Å². The van der Waals surface area contributed by atoms with E-state index in [1.54, 1.807) is 16.0 Å². The fourth-order valence-corrected chi connectivity index (χ4v) is 5.52. The Morgan fingerprint density at radius 2 is 2.00 bits per heavy atom. The molecule has 1 amide bonds. The van der Waals surface area contributed by atoms with Gasteiger partial charge in [-0.2, -0.15) is 4.68 Å². The van der Waals surface area contributed by atoms with Crippen molar-refractivity contribution in [2.45, 2.75) is 38.2 Å². The minimum atomic E-state index is -0.177. The van der Waals surface area contributed by atoms with Crippen LogP contribution in [0.1, 0.15) is 34.7 Å². The minimum absolute atomic E-state index is 0.174. The van der Waals surface area contributed by atoms with Crippen molar-refractivity contribution in [2.24, 2.45) is 0 Å². The molecule has 7 nitrogen and oxygen atoms in total. The maximum absolute atomic E-state index is 12.9. The number of hydrogen-bond acceptors (Lipinski definition) is 6. The van der Waals surface area contributed by atoms with Gasteiger partial charge in [-0.25, -0.2) is 0 Å². The lowest BCUT2D eigenvalue weighted by molar-refractivity contribution is -0.139. The maximum Gasteiger partial charge on any atom is 0.226 e. The molecule has 3 aromatic rings. The van der Waals surface area contributed by atoms with Gasteiger partial charge in [0.05, 0.1) is 18.7 Å². The van der Waals surface area contributed by atoms with E-state index < -0.39 is 0 Å². The van der Waals surface area contributed by atoms with Crippen LogP contribution in [0.15, 0.2) is 35.7 Å². The number of benzene rings is 1. The van der Waals surface area contributed by atoms with Crippen molar-refractivity contribution in [1.29, 1.82) is 0 Å². The SMILES string of the molecule is Cc1nnnn1-c1ccc(CC(=O)N2CCC3(CC2)OCCc2ccsc23)cc1. The van der Waals surface area contributed by atoms with E-state index in [9.17, 15) is 4.79 Å². The van der Waals surface area contributed by atoms with Gasteiger partial charge < -0.3 is 9.64 Å². The summed E-state index contributed by atoms with van der Waals surface area (Å²) in [4.78, 5) is 16.2. The predicted molar refractivity (Wildman–Crippen MR) is 109 cm³/mol. The number of carbonyl (C=O) groups excluding carboxylic acids is 1. The van der Waals surface area contributed by atoms with Gasteiger partial charge >= 0.3 is 0 Å². The zero-order valence-electron chi connectivity index (χ0n) is 16.4. The third kappa shape index (κ3) is 3.36. The van der Waals surface area contributed by atoms with Gasteiger partial charge in [0.25, 0.3) is 0 Å². The highest BCUT2D eigenvalue weighted by atomic mass is 32.1. The second kappa shape index (κ2) is 7.35. The average molecular weight is 410 g/mol. The summed E-state index contributed by atoms with van der Waals surface area (Å²) in [5, 5.41) is 13.7. The van der Waals surface area contributed by atoms with Gasteiger partial charge in [0, 0.05) is 18.0 Å². The predicted octanol–water partition coefficient (Wildman–Crippen LogP) is 2.67. The van der Waals surface area contributed by atoms with Crippen molar-refractivity contribution in [3.63, 3.8) is 0 Å². The zero-order valence-corrected chi connectivity index (χ0v) is 17.2. The molecule has 0 saturated carbocycles. The summed E-state index contributed by atoms with van der Waals surface area (Å²) in [7, 11) is 0. The summed E-state index contributed by atoms with van der Waals surface area (Å²) in [6, 6.07) is 10.1. The summed E-state index contributed by atoms with van der Waals surface area (Å²) in [6.45, 7) is 4.14. The average Bonchev–Trinajstić information content (AvgIpc) is 3.39. The zero-order chi connectivity index (χ0) is 19.8. The number of thiophene rings is 1. The van der Waals surface area contributed by atoms with Gasteiger partial charge in [0.2, 0.25) is 5.91 Å². The molecule has 29 heavy (non-hydrogen) atoms. The first-order valence-electron chi connectivity index (χ1n) is 9.97. The molecule has 2 aromatic heterocycles. The molecule has 0 unspecified atom stereocenters. The van der Waals surface area contributed by atoms with Crippen LogP contribution in [0.4, 0.5) is 0 Å². The van der Waals surface area contributed by atoms with Crippen LogP contribution < -0.4 is 0 Å². The number of piperidine rings is 1. The Morgan fingerprint density at radius 3 is 2.72 bits per heavy atom. The minimum Gasteiger partial charge on any atom is -0.369 e.